The Hall–Kier alpha value is -2.66. The van der Waals surface area contributed by atoms with E-state index in [0.29, 0.717) is 13.2 Å². The minimum absolute atomic E-state index is 0.0429. The van der Waals surface area contributed by atoms with Crippen molar-refractivity contribution in [3.63, 3.8) is 0 Å². The number of methoxy groups -OCH3 is 1. The summed E-state index contributed by atoms with van der Waals surface area (Å²) in [4.78, 5) is 12.6. The summed E-state index contributed by atoms with van der Waals surface area (Å²) in [6.07, 6.45) is 3.13. The first-order chi connectivity index (χ1) is 13.6. The highest BCUT2D eigenvalue weighted by molar-refractivity contribution is 5.86. The number of carbonyl (C=O) groups is 1. The molecular formula is C23H27FN2O2. The summed E-state index contributed by atoms with van der Waals surface area (Å²) in [6.45, 7) is 4.10. The molecule has 1 amide bonds. The van der Waals surface area contributed by atoms with E-state index in [1.54, 1.807) is 13.2 Å². The first kappa shape index (κ1) is 20.1. The molecule has 1 N–H and O–H groups in total. The maximum Gasteiger partial charge on any atom is 0.220 e. The number of para-hydroxylation sites is 1. The third-order valence-corrected chi connectivity index (χ3v) is 5.02. The lowest BCUT2D eigenvalue weighted by Crippen LogP contribution is -2.27. The van der Waals surface area contributed by atoms with Crippen LogP contribution >= 0.6 is 0 Å². The molecule has 0 radical (unpaired) electrons. The largest absolute Gasteiger partial charge is 0.385 e. The summed E-state index contributed by atoms with van der Waals surface area (Å²) in [6, 6.07) is 14.7. The number of rotatable bonds is 9. The van der Waals surface area contributed by atoms with Crippen LogP contribution in [0.3, 0.4) is 0 Å². The van der Waals surface area contributed by atoms with Crippen LogP contribution in [0.15, 0.2) is 54.7 Å². The number of nitrogens with zero attached hydrogens (tertiary/aromatic N) is 1. The number of amides is 1. The molecule has 0 aliphatic rings. The van der Waals surface area contributed by atoms with Crippen molar-refractivity contribution in [2.75, 3.05) is 20.3 Å². The molecule has 5 heteroatoms. The molecule has 2 aromatic carbocycles. The van der Waals surface area contributed by atoms with Gasteiger partial charge in [-0.05, 0) is 42.7 Å². The molecule has 4 nitrogen and oxygen atoms in total. The van der Waals surface area contributed by atoms with Gasteiger partial charge in [0.25, 0.3) is 0 Å². The van der Waals surface area contributed by atoms with E-state index in [-0.39, 0.29) is 24.1 Å². The molecule has 3 rings (SSSR count). The quantitative estimate of drug-likeness (QED) is 0.555. The topological polar surface area (TPSA) is 43.3 Å². The van der Waals surface area contributed by atoms with Crippen LogP contribution in [-0.4, -0.2) is 30.7 Å². The van der Waals surface area contributed by atoms with Crippen molar-refractivity contribution in [1.82, 2.24) is 9.88 Å². The van der Waals surface area contributed by atoms with Gasteiger partial charge in [-0.15, -0.1) is 0 Å². The lowest BCUT2D eigenvalue weighted by Gasteiger charge is -2.17. The molecule has 0 bridgehead atoms. The zero-order valence-corrected chi connectivity index (χ0v) is 16.5. The van der Waals surface area contributed by atoms with Gasteiger partial charge in [0.05, 0.1) is 0 Å². The third kappa shape index (κ3) is 4.60. The van der Waals surface area contributed by atoms with Gasteiger partial charge in [0.1, 0.15) is 5.82 Å². The van der Waals surface area contributed by atoms with E-state index >= 15 is 0 Å². The molecular weight excluding hydrogens is 355 g/mol. The van der Waals surface area contributed by atoms with Gasteiger partial charge in [-0.2, -0.15) is 0 Å². The van der Waals surface area contributed by atoms with Crippen LogP contribution in [0.2, 0.25) is 0 Å². The zero-order valence-electron chi connectivity index (χ0n) is 16.5. The van der Waals surface area contributed by atoms with Crippen molar-refractivity contribution < 1.29 is 13.9 Å². The van der Waals surface area contributed by atoms with Crippen molar-refractivity contribution in [2.45, 2.75) is 32.2 Å². The fourth-order valence-corrected chi connectivity index (χ4v) is 3.65. The number of nitrogens with one attached hydrogen (secondary N) is 1. The molecule has 0 saturated carbocycles. The van der Waals surface area contributed by atoms with E-state index in [1.165, 1.54) is 12.1 Å². The Morgan fingerprint density at radius 1 is 1.21 bits per heavy atom. The Labute approximate surface area is 165 Å². The average Bonchev–Trinajstić information content (AvgIpc) is 3.08. The zero-order chi connectivity index (χ0) is 19.9. The van der Waals surface area contributed by atoms with Crippen molar-refractivity contribution in [2.24, 2.45) is 0 Å². The van der Waals surface area contributed by atoms with Crippen molar-refractivity contribution in [3.05, 3.63) is 71.7 Å². The minimum atomic E-state index is -0.290. The number of hydrogen-bond donors (Lipinski definition) is 1. The van der Waals surface area contributed by atoms with Gasteiger partial charge in [-0.3, -0.25) is 4.79 Å². The van der Waals surface area contributed by atoms with Gasteiger partial charge in [0.15, 0.2) is 0 Å². The predicted octanol–water partition coefficient (Wildman–Crippen LogP) is 4.48. The minimum Gasteiger partial charge on any atom is -0.385 e. The normalized spacial score (nSPS) is 12.2. The lowest BCUT2D eigenvalue weighted by molar-refractivity contribution is -0.121. The van der Waals surface area contributed by atoms with E-state index in [0.717, 1.165) is 35.0 Å². The number of fused-ring (bicyclic) bond motifs is 1. The lowest BCUT2D eigenvalue weighted by atomic mass is 9.88. The molecule has 1 aromatic heterocycles. The van der Waals surface area contributed by atoms with E-state index in [4.69, 9.17) is 4.74 Å². The van der Waals surface area contributed by atoms with Gasteiger partial charge in [0, 0.05) is 56.2 Å². The number of carbonyl (C=O) groups excluding carboxylic acids is 1. The maximum atomic E-state index is 13.9. The maximum absolute atomic E-state index is 13.9. The predicted molar refractivity (Wildman–Crippen MR) is 110 cm³/mol. The van der Waals surface area contributed by atoms with Crippen molar-refractivity contribution in [3.8, 4) is 0 Å². The fraction of sp³-hybridized carbons (Fsp3) is 0.348. The van der Waals surface area contributed by atoms with Crippen molar-refractivity contribution >= 4 is 16.8 Å². The van der Waals surface area contributed by atoms with E-state index in [9.17, 15) is 9.18 Å². The number of aromatic nitrogens is 1. The second-order valence-electron chi connectivity index (χ2n) is 6.90. The second kappa shape index (κ2) is 9.51. The van der Waals surface area contributed by atoms with Crippen LogP contribution in [0.4, 0.5) is 4.39 Å². The van der Waals surface area contributed by atoms with Crippen LogP contribution in [0.1, 0.15) is 36.8 Å². The Kier molecular flexibility index (Phi) is 6.82. The molecule has 0 saturated heterocycles. The van der Waals surface area contributed by atoms with Gasteiger partial charge in [-0.1, -0.05) is 30.3 Å². The van der Waals surface area contributed by atoms with Crippen molar-refractivity contribution in [1.29, 1.82) is 0 Å². The summed E-state index contributed by atoms with van der Waals surface area (Å²) in [5.41, 5.74) is 2.99. The number of aryl methyl sites for hydroxylation is 1. The molecule has 1 heterocycles. The Balaban J connectivity index is 1.94. The molecule has 0 aliphatic heterocycles. The Morgan fingerprint density at radius 3 is 2.79 bits per heavy atom. The highest BCUT2D eigenvalue weighted by atomic mass is 19.1. The summed E-state index contributed by atoms with van der Waals surface area (Å²) in [5.74, 6) is -0.545. The number of ether oxygens (including phenoxy) is 1. The molecule has 0 aliphatic carbocycles. The SMILES string of the molecule is CCn1cc(C(CC(=O)NCCCOC)c2cccc(F)c2)c2ccccc21. The number of benzene rings is 2. The van der Waals surface area contributed by atoms with Gasteiger partial charge >= 0.3 is 0 Å². The highest BCUT2D eigenvalue weighted by Gasteiger charge is 2.22. The Morgan fingerprint density at radius 2 is 2.04 bits per heavy atom. The molecule has 1 unspecified atom stereocenters. The van der Waals surface area contributed by atoms with Crippen LogP contribution in [0.25, 0.3) is 10.9 Å². The highest BCUT2D eigenvalue weighted by Crippen LogP contribution is 2.35. The molecule has 0 spiro atoms. The summed E-state index contributed by atoms with van der Waals surface area (Å²) >= 11 is 0. The van der Waals surface area contributed by atoms with Crippen LogP contribution in [0.5, 0.6) is 0 Å². The monoisotopic (exact) mass is 382 g/mol. The number of halogens is 1. The van der Waals surface area contributed by atoms with Crippen LogP contribution in [0, 0.1) is 5.82 Å². The molecule has 28 heavy (non-hydrogen) atoms. The van der Waals surface area contributed by atoms with E-state index in [2.05, 4.69) is 35.1 Å². The molecule has 148 valence electrons. The molecule has 1 atom stereocenters. The van der Waals surface area contributed by atoms with Gasteiger partial charge < -0.3 is 14.6 Å². The Bertz CT molecular complexity index is 935. The van der Waals surface area contributed by atoms with Crippen LogP contribution < -0.4 is 5.32 Å². The van der Waals surface area contributed by atoms with E-state index < -0.39 is 0 Å². The fourth-order valence-electron chi connectivity index (χ4n) is 3.65. The van der Waals surface area contributed by atoms with Gasteiger partial charge in [0.2, 0.25) is 5.91 Å². The molecule has 0 fully saturated rings. The smallest absolute Gasteiger partial charge is 0.220 e. The summed E-state index contributed by atoms with van der Waals surface area (Å²) in [7, 11) is 1.64. The van der Waals surface area contributed by atoms with Crippen LogP contribution in [-0.2, 0) is 16.1 Å². The standard InChI is InChI=1S/C23H27FN2O2/c1-3-26-16-21(19-10-4-5-11-22(19)26)20(17-8-6-9-18(24)14-17)15-23(27)25-12-7-13-28-2/h4-6,8-11,14,16,20H,3,7,12-13,15H2,1-2H3,(H,25,27). The van der Waals surface area contributed by atoms with Gasteiger partial charge in [-0.25, -0.2) is 4.39 Å². The third-order valence-electron chi connectivity index (χ3n) is 5.02. The number of hydrogen-bond acceptors (Lipinski definition) is 2. The first-order valence-electron chi connectivity index (χ1n) is 9.73. The average molecular weight is 382 g/mol. The summed E-state index contributed by atoms with van der Waals surface area (Å²) in [5, 5.41) is 4.05. The summed E-state index contributed by atoms with van der Waals surface area (Å²) < 4.78 is 21.1. The second-order valence-corrected chi connectivity index (χ2v) is 6.90. The van der Waals surface area contributed by atoms with E-state index in [1.807, 2.05) is 18.2 Å². The first-order valence-corrected chi connectivity index (χ1v) is 9.73. The molecule has 3 aromatic rings.